The van der Waals surface area contributed by atoms with Crippen molar-refractivity contribution in [3.05, 3.63) is 11.8 Å². The van der Waals surface area contributed by atoms with Gasteiger partial charge in [0.25, 0.3) is 11.6 Å². The van der Waals surface area contributed by atoms with Crippen LogP contribution in [0.4, 0.5) is 0 Å². The fourth-order valence-corrected chi connectivity index (χ4v) is 3.96. The van der Waals surface area contributed by atoms with E-state index < -0.39 is 40.9 Å². The fraction of sp³-hybridized carbons (Fsp3) is 0.571. The molecule has 11 heteroatoms. The highest BCUT2D eigenvalue weighted by atomic mass is 32.2. The van der Waals surface area contributed by atoms with Gasteiger partial charge in [-0.3, -0.25) is 19.3 Å². The maximum absolute atomic E-state index is 12.4. The van der Waals surface area contributed by atoms with Gasteiger partial charge in [-0.05, 0) is 18.9 Å². The van der Waals surface area contributed by atoms with Crippen molar-refractivity contribution in [2.75, 3.05) is 12.9 Å². The first-order valence-electron chi connectivity index (χ1n) is 7.48. The number of rotatable bonds is 8. The van der Waals surface area contributed by atoms with Crippen LogP contribution in [-0.2, 0) is 23.9 Å². The van der Waals surface area contributed by atoms with Crippen LogP contribution in [0.2, 0.25) is 0 Å². The third-order valence-corrected chi connectivity index (χ3v) is 5.23. The molecule has 25 heavy (non-hydrogen) atoms. The average molecular weight is 373 g/mol. The standard InChI is InChI=1S/C14H19N3O7S/c1-24-14(16-9(18)4-2-3-7(15)10(19)20)12(23)17-8(11(21)22)5-6-25-13(14)17/h5,7,13H,2-4,6,15H2,1H3,(H,16,18)(H,19,20)(H,21,22)/t7?,13-,14-/m0/s1. The number of aliphatic carboxylic acids is 2. The molecule has 3 atom stereocenters. The van der Waals surface area contributed by atoms with Crippen LogP contribution in [-0.4, -0.2) is 68.9 Å². The Kier molecular flexibility index (Phi) is 5.70. The lowest BCUT2D eigenvalue weighted by Crippen LogP contribution is -2.80. The summed E-state index contributed by atoms with van der Waals surface area (Å²) in [5.41, 5.74) is 3.61. The molecule has 0 aromatic carbocycles. The van der Waals surface area contributed by atoms with Crippen molar-refractivity contribution in [1.82, 2.24) is 10.2 Å². The first kappa shape index (κ1) is 19.2. The largest absolute Gasteiger partial charge is 0.480 e. The third kappa shape index (κ3) is 3.48. The molecule has 0 radical (unpaired) electrons. The summed E-state index contributed by atoms with van der Waals surface area (Å²) in [7, 11) is 1.26. The van der Waals surface area contributed by atoms with E-state index in [1.807, 2.05) is 0 Å². The van der Waals surface area contributed by atoms with Gasteiger partial charge in [-0.2, -0.15) is 0 Å². The van der Waals surface area contributed by atoms with E-state index >= 15 is 0 Å². The van der Waals surface area contributed by atoms with Crippen LogP contribution in [0.3, 0.4) is 0 Å². The number of nitrogens with two attached hydrogens (primary N) is 1. The molecule has 1 fully saturated rings. The zero-order valence-electron chi connectivity index (χ0n) is 13.4. The van der Waals surface area contributed by atoms with E-state index in [1.54, 1.807) is 0 Å². The second-order valence-corrected chi connectivity index (χ2v) is 6.69. The number of ether oxygens (including phenoxy) is 1. The minimum atomic E-state index is -1.62. The van der Waals surface area contributed by atoms with Gasteiger partial charge in [0, 0.05) is 19.3 Å². The molecule has 2 aliphatic rings. The lowest BCUT2D eigenvalue weighted by molar-refractivity contribution is -0.192. The smallest absolute Gasteiger partial charge is 0.352 e. The fourth-order valence-electron chi connectivity index (χ4n) is 2.67. The van der Waals surface area contributed by atoms with Crippen molar-refractivity contribution >= 4 is 35.5 Å². The average Bonchev–Trinajstić information content (AvgIpc) is 2.58. The number of hydrogen-bond donors (Lipinski definition) is 4. The number of nitrogens with one attached hydrogen (secondary N) is 1. The second kappa shape index (κ2) is 7.42. The van der Waals surface area contributed by atoms with Crippen LogP contribution in [0, 0.1) is 0 Å². The number of amides is 2. The van der Waals surface area contributed by atoms with Crippen LogP contribution < -0.4 is 11.1 Å². The van der Waals surface area contributed by atoms with Gasteiger partial charge >= 0.3 is 11.9 Å². The number of hydrogen-bond acceptors (Lipinski definition) is 7. The summed E-state index contributed by atoms with van der Waals surface area (Å²) in [4.78, 5) is 47.5. The Bertz CT molecular complexity index is 638. The zero-order chi connectivity index (χ0) is 18.8. The first-order chi connectivity index (χ1) is 11.7. The quantitative estimate of drug-likeness (QED) is 0.306. The van der Waals surface area contributed by atoms with Gasteiger partial charge in [0.1, 0.15) is 17.1 Å². The Morgan fingerprint density at radius 3 is 2.76 bits per heavy atom. The Balaban J connectivity index is 1.99. The molecule has 0 spiro atoms. The molecule has 1 unspecified atom stereocenters. The number of β-lactam (4-membered cyclic amide) rings is 1. The van der Waals surface area contributed by atoms with Crippen molar-refractivity contribution in [1.29, 1.82) is 0 Å². The first-order valence-corrected chi connectivity index (χ1v) is 8.52. The van der Waals surface area contributed by atoms with E-state index in [0.29, 0.717) is 5.75 Å². The number of carboxylic acid groups (broad SMARTS) is 2. The number of thioether (sulfide) groups is 1. The monoisotopic (exact) mass is 373 g/mol. The molecule has 0 aromatic heterocycles. The maximum Gasteiger partial charge on any atom is 0.352 e. The molecule has 0 aromatic rings. The third-order valence-electron chi connectivity index (χ3n) is 4.01. The van der Waals surface area contributed by atoms with Gasteiger partial charge in [0.15, 0.2) is 0 Å². The van der Waals surface area contributed by atoms with Gasteiger partial charge in [0.05, 0.1) is 0 Å². The van der Waals surface area contributed by atoms with Gasteiger partial charge in [-0.1, -0.05) is 0 Å². The number of methoxy groups -OCH3 is 1. The molecule has 2 amide bonds. The number of carbonyl (C=O) groups is 4. The second-order valence-electron chi connectivity index (χ2n) is 5.58. The van der Waals surface area contributed by atoms with Crippen LogP contribution in [0.25, 0.3) is 0 Å². The number of nitrogens with zero attached hydrogens (tertiary/aromatic N) is 1. The molecule has 2 heterocycles. The van der Waals surface area contributed by atoms with Crippen LogP contribution >= 0.6 is 11.8 Å². The molecular formula is C14H19N3O7S. The molecule has 5 N–H and O–H groups in total. The maximum atomic E-state index is 12.4. The van der Waals surface area contributed by atoms with E-state index in [4.69, 9.17) is 20.7 Å². The summed E-state index contributed by atoms with van der Waals surface area (Å²) in [6.07, 6.45) is 1.75. The Morgan fingerprint density at radius 2 is 2.20 bits per heavy atom. The highest BCUT2D eigenvalue weighted by Crippen LogP contribution is 2.44. The van der Waals surface area contributed by atoms with Crippen LogP contribution in [0.1, 0.15) is 19.3 Å². The van der Waals surface area contributed by atoms with Crippen molar-refractivity contribution in [2.24, 2.45) is 5.73 Å². The normalized spacial score (nSPS) is 26.2. The Labute approximate surface area is 147 Å². The van der Waals surface area contributed by atoms with E-state index in [2.05, 4.69) is 5.32 Å². The molecule has 0 bridgehead atoms. The van der Waals surface area contributed by atoms with Gasteiger partial charge in [-0.15, -0.1) is 11.8 Å². The molecule has 138 valence electrons. The van der Waals surface area contributed by atoms with Crippen molar-refractivity contribution in [3.63, 3.8) is 0 Å². The van der Waals surface area contributed by atoms with E-state index in [1.165, 1.54) is 24.9 Å². The van der Waals surface area contributed by atoms with Gasteiger partial charge in [-0.25, -0.2) is 4.79 Å². The molecular weight excluding hydrogens is 354 g/mol. The highest BCUT2D eigenvalue weighted by molar-refractivity contribution is 8.00. The van der Waals surface area contributed by atoms with Crippen LogP contribution in [0.5, 0.6) is 0 Å². The van der Waals surface area contributed by atoms with E-state index in [0.717, 1.165) is 4.90 Å². The highest BCUT2D eigenvalue weighted by Gasteiger charge is 2.65. The molecule has 0 aliphatic carbocycles. The predicted molar refractivity (Wildman–Crippen MR) is 86.2 cm³/mol. The minimum Gasteiger partial charge on any atom is -0.480 e. The Hall–Kier alpha value is -2.11. The minimum absolute atomic E-state index is 0.0294. The lowest BCUT2D eigenvalue weighted by Gasteiger charge is -2.55. The number of carbonyl (C=O) groups excluding carboxylic acids is 2. The summed E-state index contributed by atoms with van der Waals surface area (Å²) < 4.78 is 5.24. The summed E-state index contributed by atoms with van der Waals surface area (Å²) in [5.74, 6) is -3.16. The summed E-state index contributed by atoms with van der Waals surface area (Å²) in [5, 5.41) is 19.7. The molecule has 10 nitrogen and oxygen atoms in total. The van der Waals surface area contributed by atoms with Gasteiger partial charge < -0.3 is 26.0 Å². The molecule has 2 aliphatic heterocycles. The number of carboxylic acids is 2. The number of fused-ring (bicyclic) bond motifs is 1. The lowest BCUT2D eigenvalue weighted by atomic mass is 9.99. The van der Waals surface area contributed by atoms with Crippen molar-refractivity contribution in [3.8, 4) is 0 Å². The zero-order valence-corrected chi connectivity index (χ0v) is 14.2. The summed E-state index contributed by atoms with van der Waals surface area (Å²) in [6, 6.07) is -1.05. The summed E-state index contributed by atoms with van der Waals surface area (Å²) in [6.45, 7) is 0. The van der Waals surface area contributed by atoms with E-state index in [9.17, 15) is 19.2 Å². The molecule has 1 saturated heterocycles. The SMILES string of the molecule is CO[C@@]1(NC(=O)CCCC(N)C(=O)O)C(=O)N2C(C(=O)O)=CCS[C@H]21. The Morgan fingerprint density at radius 1 is 1.52 bits per heavy atom. The summed E-state index contributed by atoms with van der Waals surface area (Å²) >= 11 is 1.27. The van der Waals surface area contributed by atoms with E-state index in [-0.39, 0.29) is 25.0 Å². The topological polar surface area (TPSA) is 159 Å². The molecule has 0 saturated carbocycles. The predicted octanol–water partition coefficient (Wildman–Crippen LogP) is -1.09. The van der Waals surface area contributed by atoms with Gasteiger partial charge in [0.2, 0.25) is 5.91 Å². The van der Waals surface area contributed by atoms with Crippen molar-refractivity contribution < 1.29 is 34.1 Å². The van der Waals surface area contributed by atoms with Crippen molar-refractivity contribution in [2.45, 2.75) is 36.4 Å². The molecule has 2 rings (SSSR count). The van der Waals surface area contributed by atoms with Crippen LogP contribution in [0.15, 0.2) is 11.8 Å².